The Bertz CT molecular complexity index is 778. The molecule has 0 radical (unpaired) electrons. The van der Waals surface area contributed by atoms with E-state index in [1.54, 1.807) is 12.1 Å². The molecule has 1 amide bonds. The zero-order valence-corrected chi connectivity index (χ0v) is 9.55. The number of fused-ring (bicyclic) bond motifs is 2. The van der Waals surface area contributed by atoms with Gasteiger partial charge in [0.05, 0.1) is 5.56 Å². The van der Waals surface area contributed by atoms with Gasteiger partial charge < -0.3 is 10.8 Å². The number of primary amides is 1. The predicted octanol–water partition coefficient (Wildman–Crippen LogP) is 2.80. The highest BCUT2D eigenvalue weighted by Gasteiger charge is 2.11. The van der Waals surface area contributed by atoms with Crippen molar-refractivity contribution in [2.24, 2.45) is 5.73 Å². The summed E-state index contributed by atoms with van der Waals surface area (Å²) >= 11 is 0. The van der Waals surface area contributed by atoms with Crippen LogP contribution in [-0.2, 0) is 0 Å². The first-order chi connectivity index (χ1) is 8.66. The molecular weight excluding hydrogens is 226 g/mol. The molecule has 3 aromatic carbocycles. The lowest BCUT2D eigenvalue weighted by Gasteiger charge is -2.07. The fourth-order valence-corrected chi connectivity index (χ4v) is 2.20. The highest BCUT2D eigenvalue weighted by molar-refractivity contribution is 6.06. The van der Waals surface area contributed by atoms with Crippen LogP contribution in [0.3, 0.4) is 0 Å². The summed E-state index contributed by atoms with van der Waals surface area (Å²) in [4.78, 5) is 11.2. The number of carbonyl (C=O) groups is 1. The summed E-state index contributed by atoms with van der Waals surface area (Å²) in [6, 6.07) is 15.1. The van der Waals surface area contributed by atoms with E-state index in [2.05, 4.69) is 0 Å². The number of nitrogens with two attached hydrogens (primary N) is 1. The molecule has 3 rings (SSSR count). The fraction of sp³-hybridized carbons (Fsp3) is 0. The van der Waals surface area contributed by atoms with E-state index >= 15 is 0 Å². The summed E-state index contributed by atoms with van der Waals surface area (Å²) in [5, 5.41) is 13.7. The third-order valence-electron chi connectivity index (χ3n) is 3.12. The largest absolute Gasteiger partial charge is 0.506 e. The van der Waals surface area contributed by atoms with E-state index in [9.17, 15) is 9.90 Å². The molecule has 0 aliphatic rings. The van der Waals surface area contributed by atoms with Gasteiger partial charge in [0.25, 0.3) is 5.91 Å². The van der Waals surface area contributed by atoms with Crippen LogP contribution < -0.4 is 5.73 Å². The maximum atomic E-state index is 11.2. The normalized spacial score (nSPS) is 10.9. The number of rotatable bonds is 1. The molecule has 0 saturated heterocycles. The first kappa shape index (κ1) is 10.6. The van der Waals surface area contributed by atoms with Crippen molar-refractivity contribution in [3.05, 3.63) is 54.1 Å². The van der Waals surface area contributed by atoms with Gasteiger partial charge in [-0.25, -0.2) is 0 Å². The molecule has 3 aromatic rings. The molecule has 0 atom stereocenters. The number of hydrogen-bond acceptors (Lipinski definition) is 2. The van der Waals surface area contributed by atoms with Crippen molar-refractivity contribution < 1.29 is 9.90 Å². The minimum absolute atomic E-state index is 0.0502. The molecule has 0 aromatic heterocycles. The van der Waals surface area contributed by atoms with E-state index in [0.29, 0.717) is 5.39 Å². The third-order valence-corrected chi connectivity index (χ3v) is 3.12. The van der Waals surface area contributed by atoms with Gasteiger partial charge in [-0.15, -0.1) is 0 Å². The minimum Gasteiger partial charge on any atom is -0.506 e. The second kappa shape index (κ2) is 3.74. The highest BCUT2D eigenvalue weighted by atomic mass is 16.3. The van der Waals surface area contributed by atoms with E-state index < -0.39 is 5.91 Å². The molecule has 3 nitrogen and oxygen atoms in total. The second-order valence-corrected chi connectivity index (χ2v) is 4.25. The molecule has 0 aliphatic carbocycles. The molecule has 0 heterocycles. The van der Waals surface area contributed by atoms with Crippen LogP contribution in [0.1, 0.15) is 10.4 Å². The van der Waals surface area contributed by atoms with E-state index in [4.69, 9.17) is 5.73 Å². The Labute approximate surface area is 103 Å². The Balaban J connectivity index is 2.44. The number of aromatic hydroxyl groups is 1. The summed E-state index contributed by atoms with van der Waals surface area (Å²) in [5.74, 6) is -0.673. The summed E-state index contributed by atoms with van der Waals surface area (Å²) in [5.41, 5.74) is 5.37. The van der Waals surface area contributed by atoms with Crippen LogP contribution in [0.25, 0.3) is 21.5 Å². The molecule has 88 valence electrons. The lowest BCUT2D eigenvalue weighted by atomic mass is 10.0. The standard InChI is InChI=1S/C15H11NO2/c16-15(18)12-6-5-11-7-9-3-1-2-4-10(9)8-13(11)14(12)17/h1-8,17H,(H2,16,18). The van der Waals surface area contributed by atoms with Crippen LogP contribution >= 0.6 is 0 Å². The molecule has 0 bridgehead atoms. The average Bonchev–Trinajstić information content (AvgIpc) is 2.37. The Hall–Kier alpha value is -2.55. The molecule has 3 N–H and O–H groups in total. The first-order valence-corrected chi connectivity index (χ1v) is 5.61. The van der Waals surface area contributed by atoms with Crippen molar-refractivity contribution in [2.75, 3.05) is 0 Å². The lowest BCUT2D eigenvalue weighted by molar-refractivity contribution is 0.0998. The van der Waals surface area contributed by atoms with Crippen LogP contribution in [0.2, 0.25) is 0 Å². The SMILES string of the molecule is NC(=O)c1ccc2cc3ccccc3cc2c1O. The lowest BCUT2D eigenvalue weighted by Crippen LogP contribution is -2.10. The van der Waals surface area contributed by atoms with Gasteiger partial charge in [0.2, 0.25) is 0 Å². The number of benzene rings is 3. The smallest absolute Gasteiger partial charge is 0.252 e. The topological polar surface area (TPSA) is 63.3 Å². The molecule has 0 saturated carbocycles. The molecule has 18 heavy (non-hydrogen) atoms. The molecule has 0 aliphatic heterocycles. The molecule has 3 heteroatoms. The molecular formula is C15H11NO2. The maximum absolute atomic E-state index is 11.2. The van der Waals surface area contributed by atoms with Crippen LogP contribution in [0.15, 0.2) is 48.5 Å². The summed E-state index contributed by atoms with van der Waals surface area (Å²) in [6.45, 7) is 0. The van der Waals surface area contributed by atoms with Gasteiger partial charge in [-0.2, -0.15) is 0 Å². The van der Waals surface area contributed by atoms with Gasteiger partial charge in [-0.05, 0) is 34.4 Å². The van der Waals surface area contributed by atoms with Crippen LogP contribution in [0.4, 0.5) is 0 Å². The average molecular weight is 237 g/mol. The number of hydrogen-bond donors (Lipinski definition) is 2. The zero-order valence-electron chi connectivity index (χ0n) is 9.55. The van der Waals surface area contributed by atoms with Gasteiger partial charge in [-0.1, -0.05) is 30.3 Å². The summed E-state index contributed by atoms with van der Waals surface area (Å²) in [7, 11) is 0. The van der Waals surface area contributed by atoms with Crippen LogP contribution in [-0.4, -0.2) is 11.0 Å². The van der Waals surface area contributed by atoms with Gasteiger partial charge in [0, 0.05) is 5.39 Å². The molecule has 0 spiro atoms. The first-order valence-electron chi connectivity index (χ1n) is 5.61. The van der Waals surface area contributed by atoms with E-state index in [-0.39, 0.29) is 11.3 Å². The predicted molar refractivity (Wildman–Crippen MR) is 71.6 cm³/mol. The number of phenols is 1. The Morgan fingerprint density at radius 1 is 0.944 bits per heavy atom. The molecule has 0 fully saturated rings. The summed E-state index contributed by atoms with van der Waals surface area (Å²) < 4.78 is 0. The highest BCUT2D eigenvalue weighted by Crippen LogP contribution is 2.31. The van der Waals surface area contributed by atoms with Crippen molar-refractivity contribution in [3.8, 4) is 5.75 Å². The minimum atomic E-state index is -0.623. The Morgan fingerprint density at radius 3 is 2.28 bits per heavy atom. The molecule has 0 unspecified atom stereocenters. The van der Waals surface area contributed by atoms with Gasteiger partial charge in [0.1, 0.15) is 5.75 Å². The van der Waals surface area contributed by atoms with Crippen molar-refractivity contribution in [1.29, 1.82) is 0 Å². The van der Waals surface area contributed by atoms with Gasteiger partial charge >= 0.3 is 0 Å². The van der Waals surface area contributed by atoms with Crippen molar-refractivity contribution in [2.45, 2.75) is 0 Å². The number of amides is 1. The Kier molecular flexibility index (Phi) is 2.20. The zero-order chi connectivity index (χ0) is 12.7. The van der Waals surface area contributed by atoms with Crippen molar-refractivity contribution in [3.63, 3.8) is 0 Å². The van der Waals surface area contributed by atoms with E-state index in [1.165, 1.54) is 0 Å². The van der Waals surface area contributed by atoms with E-state index in [0.717, 1.165) is 16.2 Å². The van der Waals surface area contributed by atoms with E-state index in [1.807, 2.05) is 36.4 Å². The van der Waals surface area contributed by atoms with Gasteiger partial charge in [-0.3, -0.25) is 4.79 Å². The monoisotopic (exact) mass is 237 g/mol. The fourth-order valence-electron chi connectivity index (χ4n) is 2.20. The second-order valence-electron chi connectivity index (χ2n) is 4.25. The maximum Gasteiger partial charge on any atom is 0.252 e. The van der Waals surface area contributed by atoms with Crippen molar-refractivity contribution in [1.82, 2.24) is 0 Å². The van der Waals surface area contributed by atoms with Crippen molar-refractivity contribution >= 4 is 27.5 Å². The number of carbonyl (C=O) groups excluding carboxylic acids is 1. The van der Waals surface area contributed by atoms with Gasteiger partial charge in [0.15, 0.2) is 0 Å². The summed E-state index contributed by atoms with van der Waals surface area (Å²) in [6.07, 6.45) is 0. The third kappa shape index (κ3) is 1.49. The Morgan fingerprint density at radius 2 is 1.61 bits per heavy atom. The van der Waals surface area contributed by atoms with Crippen LogP contribution in [0, 0.1) is 0 Å². The van der Waals surface area contributed by atoms with Crippen LogP contribution in [0.5, 0.6) is 5.75 Å². The quantitative estimate of drug-likeness (QED) is 0.639.